The summed E-state index contributed by atoms with van der Waals surface area (Å²) in [5.74, 6) is 0. The van der Waals surface area contributed by atoms with E-state index in [9.17, 15) is 0 Å². The van der Waals surface area contributed by atoms with E-state index in [1.807, 2.05) is 12.3 Å². The fourth-order valence-corrected chi connectivity index (χ4v) is 1.35. The van der Waals surface area contributed by atoms with Crippen LogP contribution in [0.5, 0.6) is 0 Å². The lowest BCUT2D eigenvalue weighted by Crippen LogP contribution is -1.96. The summed E-state index contributed by atoms with van der Waals surface area (Å²) in [6.45, 7) is 2.13. The molecule has 0 amide bonds. The smallest absolute Gasteiger partial charge is 0.0880 e. The van der Waals surface area contributed by atoms with Crippen LogP contribution in [0.4, 0.5) is 0 Å². The van der Waals surface area contributed by atoms with Gasteiger partial charge in [0.25, 0.3) is 0 Å². The Morgan fingerprint density at radius 2 is 2.38 bits per heavy atom. The average Bonchev–Trinajstić information content (AvgIpc) is 2.39. The van der Waals surface area contributed by atoms with Crippen LogP contribution in [0.1, 0.15) is 24.6 Å². The minimum atomic E-state index is 0.314. The molecule has 0 bridgehead atoms. The minimum absolute atomic E-state index is 0.314. The van der Waals surface area contributed by atoms with Crippen LogP contribution >= 0.6 is 0 Å². The predicted molar refractivity (Wildman–Crippen MR) is 54.9 cm³/mol. The Labute approximate surface area is 78.0 Å². The Balaban J connectivity index is 2.41. The van der Waals surface area contributed by atoms with Crippen molar-refractivity contribution < 1.29 is 0 Å². The lowest BCUT2D eigenvalue weighted by molar-refractivity contribution is 0.792. The van der Waals surface area contributed by atoms with Crippen LogP contribution in [-0.2, 0) is 0 Å². The van der Waals surface area contributed by atoms with Gasteiger partial charge in [-0.25, -0.2) is 0 Å². The summed E-state index contributed by atoms with van der Waals surface area (Å²) in [6, 6.07) is 4.32. The van der Waals surface area contributed by atoms with E-state index in [2.05, 4.69) is 35.1 Å². The molecule has 1 aromatic rings. The lowest BCUT2D eigenvalue weighted by Gasteiger charge is -1.98. The Kier molecular flexibility index (Phi) is 2.21. The SMILES string of the molecule is CCC1C=Cc2cccnc2C=N1. The van der Waals surface area contributed by atoms with E-state index in [1.54, 1.807) is 6.20 Å². The van der Waals surface area contributed by atoms with Gasteiger partial charge in [-0.05, 0) is 12.5 Å². The van der Waals surface area contributed by atoms with E-state index in [0.29, 0.717) is 6.04 Å². The summed E-state index contributed by atoms with van der Waals surface area (Å²) in [5, 5.41) is 0. The van der Waals surface area contributed by atoms with Crippen molar-refractivity contribution in [2.24, 2.45) is 4.99 Å². The molecule has 1 aliphatic rings. The zero-order chi connectivity index (χ0) is 9.10. The molecular formula is C11H12N2. The first-order valence-electron chi connectivity index (χ1n) is 4.56. The van der Waals surface area contributed by atoms with Crippen LogP contribution in [0.3, 0.4) is 0 Å². The van der Waals surface area contributed by atoms with Gasteiger partial charge in [-0.2, -0.15) is 0 Å². The first-order valence-corrected chi connectivity index (χ1v) is 4.56. The molecule has 0 N–H and O–H groups in total. The number of hydrogen-bond donors (Lipinski definition) is 0. The maximum Gasteiger partial charge on any atom is 0.0880 e. The number of aliphatic imine (C=N–C) groups is 1. The molecule has 0 spiro atoms. The number of pyridine rings is 1. The maximum atomic E-state index is 4.41. The number of fused-ring (bicyclic) bond motifs is 1. The average molecular weight is 172 g/mol. The first-order chi connectivity index (χ1) is 6.40. The van der Waals surface area contributed by atoms with Gasteiger partial charge in [0.05, 0.1) is 11.7 Å². The molecule has 0 saturated heterocycles. The van der Waals surface area contributed by atoms with Gasteiger partial charge in [-0.15, -0.1) is 0 Å². The summed E-state index contributed by atoms with van der Waals surface area (Å²) in [5.41, 5.74) is 2.12. The van der Waals surface area contributed by atoms with Crippen LogP contribution in [0.25, 0.3) is 6.08 Å². The van der Waals surface area contributed by atoms with Crippen molar-refractivity contribution in [3.8, 4) is 0 Å². The fraction of sp³-hybridized carbons (Fsp3) is 0.273. The minimum Gasteiger partial charge on any atom is -0.283 e. The van der Waals surface area contributed by atoms with Gasteiger partial charge in [-0.3, -0.25) is 9.98 Å². The standard InChI is InChI=1S/C11H12N2/c1-2-10-6-5-9-4-3-7-12-11(9)8-13-10/h3-8,10H,2H2,1H3. The highest BCUT2D eigenvalue weighted by atomic mass is 14.8. The predicted octanol–water partition coefficient (Wildman–Crippen LogP) is 2.31. The molecule has 2 heterocycles. The largest absolute Gasteiger partial charge is 0.283 e. The molecule has 1 unspecified atom stereocenters. The monoisotopic (exact) mass is 172 g/mol. The molecule has 0 radical (unpaired) electrons. The van der Waals surface area contributed by atoms with Crippen molar-refractivity contribution in [1.29, 1.82) is 0 Å². The van der Waals surface area contributed by atoms with Gasteiger partial charge in [0, 0.05) is 18.0 Å². The summed E-state index contributed by atoms with van der Waals surface area (Å²) >= 11 is 0. The third-order valence-electron chi connectivity index (χ3n) is 2.18. The van der Waals surface area contributed by atoms with Crippen LogP contribution < -0.4 is 0 Å². The van der Waals surface area contributed by atoms with Crippen molar-refractivity contribution in [2.75, 3.05) is 0 Å². The second kappa shape index (κ2) is 3.52. The van der Waals surface area contributed by atoms with Crippen LogP contribution in [0, 0.1) is 0 Å². The zero-order valence-electron chi connectivity index (χ0n) is 7.64. The molecule has 66 valence electrons. The number of aromatic nitrogens is 1. The van der Waals surface area contributed by atoms with Gasteiger partial charge in [-0.1, -0.05) is 25.1 Å². The highest BCUT2D eigenvalue weighted by Crippen LogP contribution is 2.12. The van der Waals surface area contributed by atoms with Gasteiger partial charge in [0.2, 0.25) is 0 Å². The quantitative estimate of drug-likeness (QED) is 0.638. The van der Waals surface area contributed by atoms with E-state index < -0.39 is 0 Å². The number of hydrogen-bond acceptors (Lipinski definition) is 2. The van der Waals surface area contributed by atoms with Crippen molar-refractivity contribution in [2.45, 2.75) is 19.4 Å². The van der Waals surface area contributed by atoms with Crippen LogP contribution in [0.2, 0.25) is 0 Å². The number of nitrogens with zero attached hydrogens (tertiary/aromatic N) is 2. The normalized spacial score (nSPS) is 19.6. The fourth-order valence-electron chi connectivity index (χ4n) is 1.35. The van der Waals surface area contributed by atoms with Crippen molar-refractivity contribution in [3.05, 3.63) is 35.7 Å². The van der Waals surface area contributed by atoms with Crippen molar-refractivity contribution in [3.63, 3.8) is 0 Å². The molecule has 1 atom stereocenters. The summed E-state index contributed by atoms with van der Waals surface area (Å²) in [4.78, 5) is 8.66. The van der Waals surface area contributed by atoms with Crippen molar-refractivity contribution in [1.82, 2.24) is 4.98 Å². The molecule has 13 heavy (non-hydrogen) atoms. The molecular weight excluding hydrogens is 160 g/mol. The summed E-state index contributed by atoms with van der Waals surface area (Å²) in [7, 11) is 0. The zero-order valence-corrected chi connectivity index (χ0v) is 7.64. The Morgan fingerprint density at radius 1 is 1.46 bits per heavy atom. The van der Waals surface area contributed by atoms with E-state index in [0.717, 1.165) is 17.7 Å². The topological polar surface area (TPSA) is 25.2 Å². The second-order valence-electron chi connectivity index (χ2n) is 3.09. The van der Waals surface area contributed by atoms with E-state index in [4.69, 9.17) is 0 Å². The van der Waals surface area contributed by atoms with Gasteiger partial charge in [0.15, 0.2) is 0 Å². The highest BCUT2D eigenvalue weighted by molar-refractivity contribution is 5.84. The summed E-state index contributed by atoms with van der Waals surface area (Å²) in [6.07, 6.45) is 8.93. The Hall–Kier alpha value is -1.44. The maximum absolute atomic E-state index is 4.41. The third-order valence-corrected chi connectivity index (χ3v) is 2.18. The first kappa shape index (κ1) is 8.17. The molecule has 2 nitrogen and oxygen atoms in total. The van der Waals surface area contributed by atoms with Crippen molar-refractivity contribution >= 4 is 12.3 Å². The molecule has 1 aromatic heterocycles. The van der Waals surface area contributed by atoms with Crippen LogP contribution in [0.15, 0.2) is 29.4 Å². The molecule has 0 fully saturated rings. The highest BCUT2D eigenvalue weighted by Gasteiger charge is 2.04. The second-order valence-corrected chi connectivity index (χ2v) is 3.09. The van der Waals surface area contributed by atoms with E-state index >= 15 is 0 Å². The molecule has 2 rings (SSSR count). The van der Waals surface area contributed by atoms with Crippen LogP contribution in [-0.4, -0.2) is 17.2 Å². The third kappa shape index (κ3) is 1.66. The molecule has 2 heteroatoms. The molecule has 1 aliphatic heterocycles. The Bertz CT molecular complexity index is 320. The van der Waals surface area contributed by atoms with Gasteiger partial charge >= 0.3 is 0 Å². The molecule has 0 aromatic carbocycles. The molecule has 0 saturated carbocycles. The summed E-state index contributed by atoms with van der Waals surface area (Å²) < 4.78 is 0. The number of rotatable bonds is 1. The lowest BCUT2D eigenvalue weighted by atomic mass is 10.1. The van der Waals surface area contributed by atoms with E-state index in [-0.39, 0.29) is 0 Å². The van der Waals surface area contributed by atoms with Gasteiger partial charge in [0.1, 0.15) is 0 Å². The molecule has 0 aliphatic carbocycles. The van der Waals surface area contributed by atoms with E-state index in [1.165, 1.54) is 0 Å². The van der Waals surface area contributed by atoms with Gasteiger partial charge < -0.3 is 0 Å². The Morgan fingerprint density at radius 3 is 3.23 bits per heavy atom.